The van der Waals surface area contributed by atoms with Crippen molar-refractivity contribution in [1.82, 2.24) is 5.32 Å². The first-order valence-corrected chi connectivity index (χ1v) is 7.49. The Kier molecular flexibility index (Phi) is 4.52. The average Bonchev–Trinajstić information content (AvgIpc) is 3.07. The third kappa shape index (κ3) is 3.41. The molecule has 0 bridgehead atoms. The van der Waals surface area contributed by atoms with Crippen molar-refractivity contribution in [2.45, 2.75) is 19.6 Å². The van der Waals surface area contributed by atoms with Crippen LogP contribution in [0, 0.1) is 11.3 Å². The standard InChI is InChI=1S/C18H16N2O4/c1-12(24-15-5-3-2-4-14(15)9-19)18(21)20-10-13-6-7-16-17(8-13)23-11-22-16/h2-8,12H,10-11H2,1H3,(H,20,21)/t12-/m0/s1. The van der Waals surface area contributed by atoms with Crippen molar-refractivity contribution in [2.24, 2.45) is 0 Å². The molecule has 0 unspecified atom stereocenters. The van der Waals surface area contributed by atoms with Crippen molar-refractivity contribution in [1.29, 1.82) is 5.26 Å². The number of para-hydroxylation sites is 1. The van der Waals surface area contributed by atoms with Crippen molar-refractivity contribution in [3.8, 4) is 23.3 Å². The molecule has 1 amide bonds. The van der Waals surface area contributed by atoms with E-state index in [0.717, 1.165) is 5.56 Å². The van der Waals surface area contributed by atoms with E-state index in [1.54, 1.807) is 31.2 Å². The Morgan fingerprint density at radius 3 is 2.92 bits per heavy atom. The third-order valence-electron chi connectivity index (χ3n) is 3.58. The number of nitriles is 1. The second kappa shape index (κ2) is 6.92. The van der Waals surface area contributed by atoms with Gasteiger partial charge in [0.25, 0.3) is 5.91 Å². The Morgan fingerprint density at radius 1 is 1.29 bits per heavy atom. The third-order valence-corrected chi connectivity index (χ3v) is 3.58. The predicted octanol–water partition coefficient (Wildman–Crippen LogP) is 2.37. The first kappa shape index (κ1) is 15.7. The van der Waals surface area contributed by atoms with E-state index in [1.165, 1.54) is 0 Å². The van der Waals surface area contributed by atoms with Crippen LogP contribution in [0.5, 0.6) is 17.2 Å². The maximum Gasteiger partial charge on any atom is 0.261 e. The maximum atomic E-state index is 12.2. The summed E-state index contributed by atoms with van der Waals surface area (Å²) in [6.45, 7) is 2.21. The van der Waals surface area contributed by atoms with Crippen LogP contribution in [0.4, 0.5) is 0 Å². The van der Waals surface area contributed by atoms with Crippen molar-refractivity contribution in [3.05, 3.63) is 53.6 Å². The Balaban J connectivity index is 1.57. The lowest BCUT2D eigenvalue weighted by molar-refractivity contribution is -0.127. The van der Waals surface area contributed by atoms with Gasteiger partial charge in [-0.05, 0) is 36.8 Å². The largest absolute Gasteiger partial charge is 0.480 e. The number of amides is 1. The van der Waals surface area contributed by atoms with E-state index in [9.17, 15) is 4.79 Å². The number of rotatable bonds is 5. The van der Waals surface area contributed by atoms with Crippen molar-refractivity contribution in [3.63, 3.8) is 0 Å². The fourth-order valence-electron chi connectivity index (χ4n) is 2.29. The Morgan fingerprint density at radius 2 is 2.08 bits per heavy atom. The molecule has 1 N–H and O–H groups in total. The minimum Gasteiger partial charge on any atom is -0.480 e. The van der Waals surface area contributed by atoms with Crippen LogP contribution in [0.25, 0.3) is 0 Å². The first-order chi connectivity index (χ1) is 11.7. The maximum absolute atomic E-state index is 12.2. The van der Waals surface area contributed by atoms with Crippen molar-refractivity contribution >= 4 is 5.91 Å². The van der Waals surface area contributed by atoms with Gasteiger partial charge in [-0.1, -0.05) is 18.2 Å². The summed E-state index contributed by atoms with van der Waals surface area (Å²) in [5, 5.41) is 11.9. The molecule has 0 saturated heterocycles. The van der Waals surface area contributed by atoms with Gasteiger partial charge < -0.3 is 19.5 Å². The van der Waals surface area contributed by atoms with Crippen LogP contribution in [0.3, 0.4) is 0 Å². The lowest BCUT2D eigenvalue weighted by atomic mass is 10.2. The van der Waals surface area contributed by atoms with E-state index in [2.05, 4.69) is 5.32 Å². The van der Waals surface area contributed by atoms with E-state index in [-0.39, 0.29) is 12.7 Å². The van der Waals surface area contributed by atoms with Crippen molar-refractivity contribution < 1.29 is 19.0 Å². The molecule has 2 aromatic rings. The minimum absolute atomic E-state index is 0.217. The molecule has 0 aromatic heterocycles. The zero-order valence-corrected chi connectivity index (χ0v) is 13.1. The Labute approximate surface area is 139 Å². The van der Waals surface area contributed by atoms with Crippen LogP contribution >= 0.6 is 0 Å². The number of hydrogen-bond donors (Lipinski definition) is 1. The number of benzene rings is 2. The number of nitrogens with zero attached hydrogens (tertiary/aromatic N) is 1. The Hall–Kier alpha value is -3.20. The van der Waals surface area contributed by atoms with E-state index in [4.69, 9.17) is 19.5 Å². The summed E-state index contributed by atoms with van der Waals surface area (Å²) in [6, 6.07) is 14.4. The van der Waals surface area contributed by atoms with Gasteiger partial charge >= 0.3 is 0 Å². The van der Waals surface area contributed by atoms with Gasteiger partial charge in [0.2, 0.25) is 6.79 Å². The highest BCUT2D eigenvalue weighted by molar-refractivity contribution is 5.80. The molecule has 24 heavy (non-hydrogen) atoms. The molecular formula is C18H16N2O4. The SMILES string of the molecule is C[C@H](Oc1ccccc1C#N)C(=O)NCc1ccc2c(c1)OCO2. The van der Waals surface area contributed by atoms with Gasteiger partial charge in [0.05, 0.1) is 5.56 Å². The molecule has 0 saturated carbocycles. The molecule has 6 nitrogen and oxygen atoms in total. The molecule has 6 heteroatoms. The van der Waals surface area contributed by atoms with Crippen LogP contribution in [0.1, 0.15) is 18.1 Å². The monoisotopic (exact) mass is 324 g/mol. The van der Waals surface area contributed by atoms with Gasteiger partial charge in [-0.2, -0.15) is 5.26 Å². The molecule has 0 fully saturated rings. The quantitative estimate of drug-likeness (QED) is 0.913. The summed E-state index contributed by atoms with van der Waals surface area (Å²) in [7, 11) is 0. The van der Waals surface area contributed by atoms with Crippen LogP contribution in [0.15, 0.2) is 42.5 Å². The lowest BCUT2D eigenvalue weighted by Crippen LogP contribution is -2.36. The zero-order valence-electron chi connectivity index (χ0n) is 13.1. The van der Waals surface area contributed by atoms with Gasteiger partial charge in [-0.25, -0.2) is 0 Å². The smallest absolute Gasteiger partial charge is 0.261 e. The summed E-state index contributed by atoms with van der Waals surface area (Å²) >= 11 is 0. The molecule has 1 atom stereocenters. The normalized spacial score (nSPS) is 13.0. The topological polar surface area (TPSA) is 80.6 Å². The Bertz CT molecular complexity index is 798. The number of hydrogen-bond acceptors (Lipinski definition) is 5. The van der Waals surface area contributed by atoms with Gasteiger partial charge in [0, 0.05) is 6.54 Å². The highest BCUT2D eigenvalue weighted by Gasteiger charge is 2.17. The van der Waals surface area contributed by atoms with E-state index >= 15 is 0 Å². The summed E-state index contributed by atoms with van der Waals surface area (Å²) in [4.78, 5) is 12.2. The van der Waals surface area contributed by atoms with E-state index < -0.39 is 6.10 Å². The fourth-order valence-corrected chi connectivity index (χ4v) is 2.29. The highest BCUT2D eigenvalue weighted by Crippen LogP contribution is 2.32. The number of carbonyl (C=O) groups is 1. The first-order valence-electron chi connectivity index (χ1n) is 7.49. The number of carbonyl (C=O) groups excluding carboxylic acids is 1. The predicted molar refractivity (Wildman–Crippen MR) is 85.7 cm³/mol. The second-order valence-electron chi connectivity index (χ2n) is 5.27. The van der Waals surface area contributed by atoms with E-state index in [1.807, 2.05) is 24.3 Å². The highest BCUT2D eigenvalue weighted by atomic mass is 16.7. The van der Waals surface area contributed by atoms with Crippen LogP contribution < -0.4 is 19.5 Å². The number of nitrogens with one attached hydrogen (secondary N) is 1. The molecular weight excluding hydrogens is 308 g/mol. The molecule has 0 aliphatic carbocycles. The molecule has 122 valence electrons. The van der Waals surface area contributed by atoms with Gasteiger partial charge in [0.1, 0.15) is 11.8 Å². The van der Waals surface area contributed by atoms with Crippen LogP contribution in [-0.2, 0) is 11.3 Å². The molecule has 2 aromatic carbocycles. The lowest BCUT2D eigenvalue weighted by Gasteiger charge is -2.15. The molecule has 1 heterocycles. The van der Waals surface area contributed by atoms with Gasteiger partial charge in [-0.15, -0.1) is 0 Å². The molecule has 0 spiro atoms. The number of ether oxygens (including phenoxy) is 3. The minimum atomic E-state index is -0.714. The summed E-state index contributed by atoms with van der Waals surface area (Å²) < 4.78 is 16.1. The summed E-state index contributed by atoms with van der Waals surface area (Å²) in [6.07, 6.45) is -0.714. The molecule has 3 rings (SSSR count). The summed E-state index contributed by atoms with van der Waals surface area (Å²) in [5.74, 6) is 1.51. The molecule has 1 aliphatic heterocycles. The summed E-state index contributed by atoms with van der Waals surface area (Å²) in [5.41, 5.74) is 1.30. The van der Waals surface area contributed by atoms with Gasteiger partial charge in [-0.3, -0.25) is 4.79 Å². The fraction of sp³-hybridized carbons (Fsp3) is 0.222. The molecule has 0 radical (unpaired) electrons. The average molecular weight is 324 g/mol. The van der Waals surface area contributed by atoms with Crippen LogP contribution in [0.2, 0.25) is 0 Å². The zero-order chi connectivity index (χ0) is 16.9. The van der Waals surface area contributed by atoms with Gasteiger partial charge in [0.15, 0.2) is 17.6 Å². The second-order valence-corrected chi connectivity index (χ2v) is 5.27. The van der Waals surface area contributed by atoms with Crippen molar-refractivity contribution in [2.75, 3.05) is 6.79 Å². The van der Waals surface area contributed by atoms with Crippen LogP contribution in [-0.4, -0.2) is 18.8 Å². The molecule has 1 aliphatic rings. The number of fused-ring (bicyclic) bond motifs is 1. The van der Waals surface area contributed by atoms with E-state index in [0.29, 0.717) is 29.4 Å².